The molecule has 35 heavy (non-hydrogen) atoms. The van der Waals surface area contributed by atoms with E-state index in [1.807, 2.05) is 48.5 Å². The molecule has 8 heteroatoms. The Morgan fingerprint density at radius 3 is 2.66 bits per heavy atom. The average Bonchev–Trinajstić information content (AvgIpc) is 3.33. The van der Waals surface area contributed by atoms with Gasteiger partial charge in [0.05, 0.1) is 12.8 Å². The van der Waals surface area contributed by atoms with E-state index in [0.29, 0.717) is 52.4 Å². The van der Waals surface area contributed by atoms with Gasteiger partial charge in [-0.2, -0.15) is 0 Å². The van der Waals surface area contributed by atoms with Crippen LogP contribution in [-0.4, -0.2) is 29.9 Å². The highest BCUT2D eigenvalue weighted by molar-refractivity contribution is 6.18. The summed E-state index contributed by atoms with van der Waals surface area (Å²) in [4.78, 5) is 9.41. The molecule has 0 radical (unpaired) electrons. The number of quaternary nitrogens is 1. The second-order valence-electron chi connectivity index (χ2n) is 8.34. The Morgan fingerprint density at radius 1 is 1.03 bits per heavy atom. The molecule has 0 spiro atoms. The number of hydrogen-bond donors (Lipinski definition) is 2. The molecule has 2 aliphatic heterocycles. The van der Waals surface area contributed by atoms with E-state index in [9.17, 15) is 10.4 Å². The number of fused-ring (bicyclic) bond motifs is 3. The smallest absolute Gasteiger partial charge is 0.162 e. The van der Waals surface area contributed by atoms with Crippen LogP contribution in [0.15, 0.2) is 106 Å². The first-order chi connectivity index (χ1) is 17.1. The lowest BCUT2D eigenvalue weighted by atomic mass is 10.00. The number of ether oxygens (including phenoxy) is 2. The van der Waals surface area contributed by atoms with Crippen LogP contribution in [0.1, 0.15) is 11.1 Å². The molecule has 0 amide bonds. The molecule has 3 aromatic carbocycles. The SMILES string of the molecule is COc1cc(C2=NC3C=C4C(=CC3=N2)N(O)c2ccccc2[NH+]4[O-])ccc1OCc1ccccc1. The third-order valence-corrected chi connectivity index (χ3v) is 6.19. The van der Waals surface area contributed by atoms with Crippen LogP contribution in [0, 0.1) is 5.21 Å². The zero-order valence-corrected chi connectivity index (χ0v) is 18.9. The quantitative estimate of drug-likeness (QED) is 0.561. The third-order valence-electron chi connectivity index (χ3n) is 6.19. The summed E-state index contributed by atoms with van der Waals surface area (Å²) in [6, 6.07) is 22.1. The van der Waals surface area contributed by atoms with Crippen LogP contribution in [0.5, 0.6) is 11.5 Å². The van der Waals surface area contributed by atoms with Gasteiger partial charge in [-0.25, -0.2) is 10.1 Å². The molecule has 0 fully saturated rings. The van der Waals surface area contributed by atoms with Crippen molar-refractivity contribution in [1.29, 1.82) is 0 Å². The molecule has 6 rings (SSSR count). The number of anilines is 1. The molecule has 8 nitrogen and oxygen atoms in total. The minimum absolute atomic E-state index is 0.138. The van der Waals surface area contributed by atoms with Gasteiger partial charge < -0.3 is 19.7 Å². The maximum atomic E-state index is 13.1. The van der Waals surface area contributed by atoms with Gasteiger partial charge >= 0.3 is 0 Å². The van der Waals surface area contributed by atoms with Crippen molar-refractivity contribution >= 4 is 22.9 Å². The highest BCUT2D eigenvalue weighted by Crippen LogP contribution is 2.35. The number of aliphatic imine (C=N–C) groups is 2. The average molecular weight is 466 g/mol. The summed E-state index contributed by atoms with van der Waals surface area (Å²) in [6.07, 6.45) is 3.48. The van der Waals surface area contributed by atoms with Crippen molar-refractivity contribution in [1.82, 2.24) is 0 Å². The van der Waals surface area contributed by atoms with Crippen LogP contribution in [0.3, 0.4) is 0 Å². The predicted molar refractivity (Wildman–Crippen MR) is 132 cm³/mol. The van der Waals surface area contributed by atoms with Gasteiger partial charge in [-0.05, 0) is 35.9 Å². The Morgan fingerprint density at radius 2 is 1.83 bits per heavy atom. The minimum Gasteiger partial charge on any atom is -0.623 e. The van der Waals surface area contributed by atoms with E-state index in [1.54, 1.807) is 43.5 Å². The van der Waals surface area contributed by atoms with Gasteiger partial charge in [0, 0.05) is 17.7 Å². The monoisotopic (exact) mass is 466 g/mol. The fourth-order valence-corrected chi connectivity index (χ4v) is 4.41. The summed E-state index contributed by atoms with van der Waals surface area (Å²) in [5.74, 6) is 1.73. The van der Waals surface area contributed by atoms with Crippen LogP contribution in [-0.2, 0) is 6.61 Å². The number of methoxy groups -OCH3 is 1. The number of amidine groups is 1. The van der Waals surface area contributed by atoms with Crippen LogP contribution >= 0.6 is 0 Å². The van der Waals surface area contributed by atoms with Crippen LogP contribution in [0.4, 0.5) is 11.4 Å². The second-order valence-corrected chi connectivity index (χ2v) is 8.34. The third kappa shape index (κ3) is 3.70. The Bertz CT molecular complexity index is 1430. The first kappa shape index (κ1) is 21.3. The van der Waals surface area contributed by atoms with Crippen molar-refractivity contribution in [2.75, 3.05) is 12.2 Å². The van der Waals surface area contributed by atoms with Crippen LogP contribution < -0.4 is 19.6 Å². The summed E-state index contributed by atoms with van der Waals surface area (Å²) in [6.45, 7) is 0.428. The maximum absolute atomic E-state index is 13.1. The van der Waals surface area contributed by atoms with Crippen molar-refractivity contribution in [3.05, 3.63) is 113 Å². The van der Waals surface area contributed by atoms with E-state index in [0.717, 1.165) is 16.2 Å². The lowest BCUT2D eigenvalue weighted by Gasteiger charge is -2.37. The normalized spacial score (nSPS) is 20.0. The fraction of sp³-hybridized carbons (Fsp3) is 0.111. The summed E-state index contributed by atoms with van der Waals surface area (Å²) >= 11 is 0. The zero-order valence-electron chi connectivity index (χ0n) is 18.9. The molecule has 2 N–H and O–H groups in total. The van der Waals surface area contributed by atoms with E-state index in [-0.39, 0.29) is 5.06 Å². The van der Waals surface area contributed by atoms with E-state index in [1.165, 1.54) is 0 Å². The largest absolute Gasteiger partial charge is 0.623 e. The summed E-state index contributed by atoms with van der Waals surface area (Å²) in [5.41, 5.74) is 4.22. The number of nitrogens with zero attached hydrogens (tertiary/aromatic N) is 3. The molecule has 2 unspecified atom stereocenters. The molecule has 0 saturated heterocycles. The first-order valence-corrected chi connectivity index (χ1v) is 11.2. The fourth-order valence-electron chi connectivity index (χ4n) is 4.41. The molecule has 3 aromatic rings. The summed E-state index contributed by atoms with van der Waals surface area (Å²) in [5, 5.41) is 24.7. The molecule has 174 valence electrons. The second kappa shape index (κ2) is 8.52. The van der Waals surface area contributed by atoms with Gasteiger partial charge in [0.15, 0.2) is 28.7 Å². The number of hydrogen-bond acceptors (Lipinski definition) is 7. The van der Waals surface area contributed by atoms with Crippen molar-refractivity contribution in [2.24, 2.45) is 9.98 Å². The van der Waals surface area contributed by atoms with Gasteiger partial charge in [0.25, 0.3) is 0 Å². The molecule has 0 aromatic heterocycles. The summed E-state index contributed by atoms with van der Waals surface area (Å²) < 4.78 is 11.5. The lowest BCUT2D eigenvalue weighted by Crippen LogP contribution is -3.01. The van der Waals surface area contributed by atoms with Gasteiger partial charge in [-0.1, -0.05) is 42.5 Å². The highest BCUT2D eigenvalue weighted by Gasteiger charge is 2.37. The van der Waals surface area contributed by atoms with Gasteiger partial charge in [0.1, 0.15) is 24.0 Å². The summed E-state index contributed by atoms with van der Waals surface area (Å²) in [7, 11) is 1.59. The minimum atomic E-state index is -0.397. The molecule has 2 atom stereocenters. The predicted octanol–water partition coefficient (Wildman–Crippen LogP) is 3.55. The zero-order chi connectivity index (χ0) is 23.9. The first-order valence-electron chi connectivity index (χ1n) is 11.2. The number of para-hydroxylation sites is 2. The number of rotatable bonds is 5. The molecule has 1 aliphatic carbocycles. The van der Waals surface area contributed by atoms with E-state index >= 15 is 0 Å². The van der Waals surface area contributed by atoms with Crippen molar-refractivity contribution < 1.29 is 19.7 Å². The standard InChI is InChI=1S/C27H22N4O4/c1-34-26-13-18(11-12-25(26)35-16-17-7-3-2-4-8-17)27-28-19-14-23-24(15-20(19)29-27)31(33)22-10-6-5-9-21(22)30(23)32/h2-15,19,30,33H,16H2,1H3. The molecule has 0 bridgehead atoms. The van der Waals surface area contributed by atoms with Crippen molar-refractivity contribution in [3.63, 3.8) is 0 Å². The molecular formula is C27H22N4O4. The van der Waals surface area contributed by atoms with Gasteiger partial charge in [-0.15, -0.1) is 0 Å². The number of hydroxylamine groups is 2. The van der Waals surface area contributed by atoms with E-state index in [4.69, 9.17) is 14.5 Å². The topological polar surface area (TPSA) is 94.2 Å². The van der Waals surface area contributed by atoms with Gasteiger partial charge in [-0.3, -0.25) is 10.2 Å². The van der Waals surface area contributed by atoms with Crippen LogP contribution in [0.25, 0.3) is 0 Å². The van der Waals surface area contributed by atoms with Crippen molar-refractivity contribution in [2.45, 2.75) is 12.6 Å². The molecule has 0 saturated carbocycles. The highest BCUT2D eigenvalue weighted by atomic mass is 16.5. The molecule has 3 aliphatic rings. The number of nitrogens with one attached hydrogen (secondary N) is 1. The molecular weight excluding hydrogens is 444 g/mol. The van der Waals surface area contributed by atoms with E-state index in [2.05, 4.69) is 4.99 Å². The maximum Gasteiger partial charge on any atom is 0.162 e. The van der Waals surface area contributed by atoms with E-state index < -0.39 is 6.04 Å². The van der Waals surface area contributed by atoms with Crippen molar-refractivity contribution in [3.8, 4) is 11.5 Å². The number of benzene rings is 3. The van der Waals surface area contributed by atoms with Gasteiger partial charge in [0.2, 0.25) is 0 Å². The Labute approximate surface area is 201 Å². The molecule has 2 heterocycles. The Balaban J connectivity index is 1.28. The lowest BCUT2D eigenvalue weighted by molar-refractivity contribution is -0.729. The van der Waals surface area contributed by atoms with Crippen LogP contribution in [0.2, 0.25) is 0 Å². The Hall–Kier alpha value is -4.24. The Kier molecular flexibility index (Phi) is 5.18.